The summed E-state index contributed by atoms with van der Waals surface area (Å²) in [5.41, 5.74) is 0. The van der Waals surface area contributed by atoms with Crippen LogP contribution in [-0.4, -0.2) is 85.0 Å². The quantitative estimate of drug-likeness (QED) is 0.407. The van der Waals surface area contributed by atoms with E-state index in [1.54, 1.807) is 23.1 Å². The maximum absolute atomic E-state index is 12.9. The summed E-state index contributed by atoms with van der Waals surface area (Å²) in [6.45, 7) is 2.22. The number of amides is 1. The molecule has 2 aromatic carbocycles. The highest BCUT2D eigenvalue weighted by Gasteiger charge is 2.30. The van der Waals surface area contributed by atoms with E-state index < -0.39 is 20.0 Å². The summed E-state index contributed by atoms with van der Waals surface area (Å²) < 4.78 is 70.8. The van der Waals surface area contributed by atoms with Gasteiger partial charge in [-0.3, -0.25) is 4.79 Å². The van der Waals surface area contributed by atoms with Gasteiger partial charge in [0.05, 0.1) is 16.9 Å². The standard InChI is InChI=1S/C25H33N3O8S2/c1-34-20-6-8-21(9-7-20)38(32,33)28-15-13-27(14-16-28)25(29)5-3-2-4-12-26-37(30,31)22-10-11-23-24(19-22)36-18-17-35-23/h6-11,19,26H,2-5,12-18H2,1H3. The molecule has 2 heterocycles. The van der Waals surface area contributed by atoms with Crippen LogP contribution in [0.2, 0.25) is 0 Å². The Morgan fingerprint density at radius 2 is 1.53 bits per heavy atom. The van der Waals surface area contributed by atoms with E-state index in [-0.39, 0.29) is 35.3 Å². The summed E-state index contributed by atoms with van der Waals surface area (Å²) >= 11 is 0. The van der Waals surface area contributed by atoms with E-state index in [9.17, 15) is 21.6 Å². The van der Waals surface area contributed by atoms with Gasteiger partial charge >= 0.3 is 0 Å². The molecule has 0 radical (unpaired) electrons. The molecule has 0 saturated carbocycles. The average molecular weight is 568 g/mol. The van der Waals surface area contributed by atoms with Crippen molar-refractivity contribution >= 4 is 26.0 Å². The number of hydrogen-bond donors (Lipinski definition) is 1. The lowest BCUT2D eigenvalue weighted by Crippen LogP contribution is -2.50. The van der Waals surface area contributed by atoms with Crippen LogP contribution in [0.5, 0.6) is 17.2 Å². The first-order valence-electron chi connectivity index (χ1n) is 12.5. The second-order valence-corrected chi connectivity index (χ2v) is 12.7. The molecule has 2 aliphatic heterocycles. The molecule has 0 spiro atoms. The largest absolute Gasteiger partial charge is 0.497 e. The minimum absolute atomic E-state index is 0.0247. The van der Waals surface area contributed by atoms with Crippen molar-refractivity contribution in [2.75, 3.05) is 53.0 Å². The molecule has 0 bridgehead atoms. The number of methoxy groups -OCH3 is 1. The first kappa shape index (κ1) is 28.1. The average Bonchev–Trinajstić information content (AvgIpc) is 2.94. The number of rotatable bonds is 11. The molecule has 4 rings (SSSR count). The summed E-state index contributed by atoms with van der Waals surface area (Å²) in [6, 6.07) is 10.8. The number of piperazine rings is 1. The second-order valence-electron chi connectivity index (χ2n) is 8.97. The van der Waals surface area contributed by atoms with Crippen LogP contribution in [0.3, 0.4) is 0 Å². The summed E-state index contributed by atoms with van der Waals surface area (Å²) in [7, 11) is -5.79. The van der Waals surface area contributed by atoms with Gasteiger partial charge in [-0.05, 0) is 49.2 Å². The summed E-state index contributed by atoms with van der Waals surface area (Å²) in [6.07, 6.45) is 2.22. The van der Waals surface area contributed by atoms with Crippen molar-refractivity contribution < 1.29 is 35.8 Å². The van der Waals surface area contributed by atoms with Crippen molar-refractivity contribution in [1.82, 2.24) is 13.9 Å². The molecule has 2 aromatic rings. The van der Waals surface area contributed by atoms with Gasteiger partial charge in [-0.1, -0.05) is 6.42 Å². The maximum atomic E-state index is 12.9. The predicted octanol–water partition coefficient (Wildman–Crippen LogP) is 1.84. The van der Waals surface area contributed by atoms with Crippen LogP contribution in [0, 0.1) is 0 Å². The fourth-order valence-corrected chi connectivity index (χ4v) is 6.80. The smallest absolute Gasteiger partial charge is 0.243 e. The third-order valence-corrected chi connectivity index (χ3v) is 9.84. The van der Waals surface area contributed by atoms with Gasteiger partial charge in [0.25, 0.3) is 0 Å². The molecule has 0 unspecified atom stereocenters. The molecular formula is C25H33N3O8S2. The molecule has 1 amide bonds. The molecule has 208 valence electrons. The van der Waals surface area contributed by atoms with Crippen LogP contribution >= 0.6 is 0 Å². The zero-order chi connectivity index (χ0) is 27.2. The number of nitrogens with one attached hydrogen (secondary N) is 1. The molecule has 13 heteroatoms. The van der Waals surface area contributed by atoms with Crippen LogP contribution < -0.4 is 18.9 Å². The lowest BCUT2D eigenvalue weighted by molar-refractivity contribution is -0.132. The normalized spacial score (nSPS) is 16.3. The number of fused-ring (bicyclic) bond motifs is 1. The monoisotopic (exact) mass is 567 g/mol. The highest BCUT2D eigenvalue weighted by atomic mass is 32.2. The predicted molar refractivity (Wildman–Crippen MR) is 139 cm³/mol. The van der Waals surface area contributed by atoms with Crippen LogP contribution in [0.25, 0.3) is 0 Å². The van der Waals surface area contributed by atoms with E-state index in [2.05, 4.69) is 4.72 Å². The van der Waals surface area contributed by atoms with Gasteiger partial charge in [0.1, 0.15) is 19.0 Å². The minimum Gasteiger partial charge on any atom is -0.497 e. The van der Waals surface area contributed by atoms with E-state index in [0.29, 0.717) is 69.2 Å². The van der Waals surface area contributed by atoms with E-state index in [1.165, 1.54) is 35.7 Å². The molecule has 2 aliphatic rings. The molecule has 0 atom stereocenters. The van der Waals surface area contributed by atoms with E-state index in [4.69, 9.17) is 14.2 Å². The minimum atomic E-state index is -3.68. The number of carbonyl (C=O) groups excluding carboxylic acids is 1. The van der Waals surface area contributed by atoms with Crippen LogP contribution in [0.15, 0.2) is 52.3 Å². The molecular weight excluding hydrogens is 534 g/mol. The van der Waals surface area contributed by atoms with Crippen LogP contribution in [0.1, 0.15) is 25.7 Å². The van der Waals surface area contributed by atoms with E-state index in [0.717, 1.165) is 0 Å². The van der Waals surface area contributed by atoms with Crippen LogP contribution in [0.4, 0.5) is 0 Å². The van der Waals surface area contributed by atoms with Gasteiger partial charge in [0.15, 0.2) is 11.5 Å². The van der Waals surface area contributed by atoms with Gasteiger partial charge < -0.3 is 19.1 Å². The molecule has 1 saturated heterocycles. The zero-order valence-electron chi connectivity index (χ0n) is 21.3. The summed E-state index contributed by atoms with van der Waals surface area (Å²) in [5, 5.41) is 0. The first-order chi connectivity index (χ1) is 18.2. The Kier molecular flexibility index (Phi) is 9.13. The SMILES string of the molecule is COc1ccc(S(=O)(=O)N2CCN(C(=O)CCCCCNS(=O)(=O)c3ccc4c(c3)OCCO4)CC2)cc1. The number of benzene rings is 2. The Bertz CT molecular complexity index is 1320. The maximum Gasteiger partial charge on any atom is 0.243 e. The Morgan fingerprint density at radius 1 is 0.868 bits per heavy atom. The highest BCUT2D eigenvalue weighted by molar-refractivity contribution is 7.89. The summed E-state index contributed by atoms with van der Waals surface area (Å²) in [4.78, 5) is 14.6. The van der Waals surface area contributed by atoms with Crippen molar-refractivity contribution in [2.45, 2.75) is 35.5 Å². The van der Waals surface area contributed by atoms with Crippen molar-refractivity contribution in [2.24, 2.45) is 0 Å². The zero-order valence-corrected chi connectivity index (χ0v) is 22.9. The highest BCUT2D eigenvalue weighted by Crippen LogP contribution is 2.32. The van der Waals surface area contributed by atoms with Crippen molar-refractivity contribution in [3.63, 3.8) is 0 Å². The second kappa shape index (κ2) is 12.3. The fraction of sp³-hybridized carbons (Fsp3) is 0.480. The number of hydrogen-bond acceptors (Lipinski definition) is 8. The first-order valence-corrected chi connectivity index (χ1v) is 15.4. The Balaban J connectivity index is 1.15. The molecule has 0 aliphatic carbocycles. The van der Waals surface area contributed by atoms with Crippen LogP contribution in [-0.2, 0) is 24.8 Å². The van der Waals surface area contributed by atoms with Gasteiger partial charge in [0, 0.05) is 45.2 Å². The van der Waals surface area contributed by atoms with E-state index >= 15 is 0 Å². The van der Waals surface area contributed by atoms with Gasteiger partial charge in [0.2, 0.25) is 26.0 Å². The molecule has 0 aromatic heterocycles. The number of nitrogens with zero attached hydrogens (tertiary/aromatic N) is 2. The molecule has 1 fully saturated rings. The van der Waals surface area contributed by atoms with E-state index in [1.807, 2.05) is 0 Å². The molecule has 11 nitrogen and oxygen atoms in total. The molecule has 38 heavy (non-hydrogen) atoms. The van der Waals surface area contributed by atoms with Gasteiger partial charge in [-0.2, -0.15) is 4.31 Å². The third-order valence-electron chi connectivity index (χ3n) is 6.47. The lowest BCUT2D eigenvalue weighted by Gasteiger charge is -2.34. The topological polar surface area (TPSA) is 132 Å². The van der Waals surface area contributed by atoms with Crippen molar-refractivity contribution in [3.8, 4) is 17.2 Å². The van der Waals surface area contributed by atoms with Crippen molar-refractivity contribution in [3.05, 3.63) is 42.5 Å². The third kappa shape index (κ3) is 6.76. The number of ether oxygens (including phenoxy) is 3. The Labute approximate surface area is 223 Å². The number of unbranched alkanes of at least 4 members (excludes halogenated alkanes) is 2. The summed E-state index contributed by atoms with van der Waals surface area (Å²) in [5.74, 6) is 1.50. The fourth-order valence-electron chi connectivity index (χ4n) is 4.29. The lowest BCUT2D eigenvalue weighted by atomic mass is 10.1. The number of sulfonamides is 2. The van der Waals surface area contributed by atoms with Crippen molar-refractivity contribution in [1.29, 1.82) is 0 Å². The number of carbonyl (C=O) groups is 1. The van der Waals surface area contributed by atoms with Gasteiger partial charge in [-0.15, -0.1) is 0 Å². The van der Waals surface area contributed by atoms with Gasteiger partial charge in [-0.25, -0.2) is 21.6 Å². The Morgan fingerprint density at radius 3 is 2.21 bits per heavy atom. The molecule has 1 N–H and O–H groups in total. The Hall–Kier alpha value is -2.87.